The number of esters is 1. The lowest BCUT2D eigenvalue weighted by Crippen LogP contribution is -2.08. The van der Waals surface area contributed by atoms with Gasteiger partial charge in [0.05, 0.1) is 19.8 Å². The number of methoxy groups -OCH3 is 2. The number of hydrogen-bond acceptors (Lipinski definition) is 5. The zero-order valence-corrected chi connectivity index (χ0v) is 9.11. The molecule has 1 aromatic rings. The Morgan fingerprint density at radius 2 is 2.19 bits per heavy atom. The lowest BCUT2D eigenvalue weighted by molar-refractivity contribution is 0.0600. The second-order valence-corrected chi connectivity index (χ2v) is 2.99. The third kappa shape index (κ3) is 1.97. The van der Waals surface area contributed by atoms with Crippen LogP contribution in [-0.2, 0) is 11.3 Å². The van der Waals surface area contributed by atoms with Gasteiger partial charge in [-0.15, -0.1) is 0 Å². The van der Waals surface area contributed by atoms with Gasteiger partial charge in [-0.1, -0.05) is 6.07 Å². The molecule has 16 heavy (non-hydrogen) atoms. The molecule has 84 valence electrons. The third-order valence-corrected chi connectivity index (χ3v) is 2.18. The van der Waals surface area contributed by atoms with Crippen LogP contribution >= 0.6 is 0 Å². The highest BCUT2D eigenvalue weighted by Crippen LogP contribution is 2.26. The number of nitrogens with zero attached hydrogens (tertiary/aromatic N) is 1. The molecule has 1 rings (SSSR count). The van der Waals surface area contributed by atoms with E-state index >= 15 is 0 Å². The second-order valence-electron chi connectivity index (χ2n) is 2.99. The summed E-state index contributed by atoms with van der Waals surface area (Å²) in [6.45, 7) is 0.235. The Bertz CT molecular complexity index is 449. The number of nitrogens with two attached hydrogens (primary N) is 1. The van der Waals surface area contributed by atoms with Gasteiger partial charge < -0.3 is 15.2 Å². The van der Waals surface area contributed by atoms with Crippen molar-refractivity contribution in [2.24, 2.45) is 5.73 Å². The van der Waals surface area contributed by atoms with Crippen LogP contribution in [0.15, 0.2) is 12.1 Å². The van der Waals surface area contributed by atoms with Crippen molar-refractivity contribution in [2.45, 2.75) is 6.54 Å². The standard InChI is InChI=1S/C11H12N2O3/c1-15-10-7(5-12)3-4-8(9(10)6-13)11(14)16-2/h3-4H,5,12H2,1-2H3. The molecule has 0 aliphatic rings. The molecule has 1 aromatic carbocycles. The van der Waals surface area contributed by atoms with E-state index in [-0.39, 0.29) is 17.7 Å². The van der Waals surface area contributed by atoms with E-state index in [0.29, 0.717) is 11.3 Å². The summed E-state index contributed by atoms with van der Waals surface area (Å²) in [7, 11) is 2.68. The van der Waals surface area contributed by atoms with Crippen molar-refractivity contribution in [1.82, 2.24) is 0 Å². The lowest BCUT2D eigenvalue weighted by atomic mass is 10.0. The minimum Gasteiger partial charge on any atom is -0.495 e. The van der Waals surface area contributed by atoms with Crippen molar-refractivity contribution in [3.05, 3.63) is 28.8 Å². The van der Waals surface area contributed by atoms with E-state index in [4.69, 9.17) is 15.7 Å². The molecule has 5 nitrogen and oxygen atoms in total. The van der Waals surface area contributed by atoms with Gasteiger partial charge in [-0.05, 0) is 6.07 Å². The largest absolute Gasteiger partial charge is 0.495 e. The van der Waals surface area contributed by atoms with Gasteiger partial charge in [-0.3, -0.25) is 0 Å². The lowest BCUT2D eigenvalue weighted by Gasteiger charge is -2.11. The molecular formula is C11H12N2O3. The molecule has 2 N–H and O–H groups in total. The van der Waals surface area contributed by atoms with E-state index in [0.717, 1.165) is 0 Å². The SMILES string of the molecule is COC(=O)c1ccc(CN)c(OC)c1C#N. The average molecular weight is 220 g/mol. The van der Waals surface area contributed by atoms with E-state index in [9.17, 15) is 4.79 Å². The Balaban J connectivity index is 3.45. The number of benzene rings is 1. The van der Waals surface area contributed by atoms with E-state index in [2.05, 4.69) is 4.74 Å². The minimum atomic E-state index is -0.571. The summed E-state index contributed by atoms with van der Waals surface area (Å²) < 4.78 is 9.66. The molecule has 0 unspecified atom stereocenters. The number of ether oxygens (including phenoxy) is 2. The zero-order valence-electron chi connectivity index (χ0n) is 9.11. The van der Waals surface area contributed by atoms with Crippen LogP contribution in [0.5, 0.6) is 5.75 Å². The minimum absolute atomic E-state index is 0.150. The van der Waals surface area contributed by atoms with Crippen LogP contribution in [0.3, 0.4) is 0 Å². The molecule has 0 saturated heterocycles. The first-order chi connectivity index (χ1) is 7.69. The summed E-state index contributed by atoms with van der Waals surface area (Å²) in [4.78, 5) is 11.4. The number of carbonyl (C=O) groups excluding carboxylic acids is 1. The maximum absolute atomic E-state index is 11.4. The van der Waals surface area contributed by atoms with Gasteiger partial charge in [0.15, 0.2) is 0 Å². The summed E-state index contributed by atoms with van der Waals surface area (Å²) >= 11 is 0. The van der Waals surface area contributed by atoms with E-state index in [1.807, 2.05) is 6.07 Å². The van der Waals surface area contributed by atoms with Gasteiger partial charge in [-0.25, -0.2) is 4.79 Å². The third-order valence-electron chi connectivity index (χ3n) is 2.18. The Kier molecular flexibility index (Phi) is 3.86. The Labute approximate surface area is 93.4 Å². The summed E-state index contributed by atoms with van der Waals surface area (Å²) in [5.41, 5.74) is 6.51. The first-order valence-corrected chi connectivity index (χ1v) is 4.57. The average Bonchev–Trinajstić information content (AvgIpc) is 2.35. The summed E-state index contributed by atoms with van der Waals surface area (Å²) in [5, 5.41) is 9.02. The molecule has 0 fully saturated rings. The van der Waals surface area contributed by atoms with Crippen LogP contribution in [0.25, 0.3) is 0 Å². The van der Waals surface area contributed by atoms with Gasteiger partial charge >= 0.3 is 5.97 Å². The molecule has 0 saturated carbocycles. The smallest absolute Gasteiger partial charge is 0.339 e. The Morgan fingerprint density at radius 1 is 1.50 bits per heavy atom. The first-order valence-electron chi connectivity index (χ1n) is 4.57. The molecule has 0 atom stereocenters. The molecule has 0 aliphatic heterocycles. The molecule has 0 aliphatic carbocycles. The normalized spacial score (nSPS) is 9.38. The fourth-order valence-corrected chi connectivity index (χ4v) is 1.41. The Morgan fingerprint density at radius 3 is 2.62 bits per heavy atom. The van der Waals surface area contributed by atoms with Gasteiger partial charge in [-0.2, -0.15) is 5.26 Å². The van der Waals surface area contributed by atoms with Crippen molar-refractivity contribution in [3.8, 4) is 11.8 Å². The van der Waals surface area contributed by atoms with Crippen molar-refractivity contribution in [1.29, 1.82) is 5.26 Å². The summed E-state index contributed by atoms with van der Waals surface area (Å²) in [5.74, 6) is -0.244. The predicted molar refractivity (Wildman–Crippen MR) is 56.9 cm³/mol. The van der Waals surface area contributed by atoms with Crippen LogP contribution < -0.4 is 10.5 Å². The predicted octanol–water partition coefficient (Wildman–Crippen LogP) is 0.812. The van der Waals surface area contributed by atoms with Crippen LogP contribution in [0.4, 0.5) is 0 Å². The first kappa shape index (κ1) is 12.0. The van der Waals surface area contributed by atoms with Gasteiger partial charge in [0.25, 0.3) is 0 Å². The molecule has 0 amide bonds. The van der Waals surface area contributed by atoms with E-state index in [1.165, 1.54) is 20.3 Å². The van der Waals surface area contributed by atoms with Gasteiger partial charge in [0.1, 0.15) is 17.4 Å². The fourth-order valence-electron chi connectivity index (χ4n) is 1.41. The zero-order chi connectivity index (χ0) is 12.1. The molecule has 0 aromatic heterocycles. The maximum atomic E-state index is 11.4. The van der Waals surface area contributed by atoms with Crippen molar-refractivity contribution in [2.75, 3.05) is 14.2 Å². The highest BCUT2D eigenvalue weighted by atomic mass is 16.5. The van der Waals surface area contributed by atoms with Crippen molar-refractivity contribution < 1.29 is 14.3 Å². The quantitative estimate of drug-likeness (QED) is 0.762. The summed E-state index contributed by atoms with van der Waals surface area (Å²) in [6.07, 6.45) is 0. The van der Waals surface area contributed by atoms with E-state index < -0.39 is 5.97 Å². The molecule has 0 bridgehead atoms. The van der Waals surface area contributed by atoms with Gasteiger partial charge in [0, 0.05) is 12.1 Å². The number of rotatable bonds is 3. The number of nitriles is 1. The monoisotopic (exact) mass is 220 g/mol. The van der Waals surface area contributed by atoms with Crippen LogP contribution in [0.2, 0.25) is 0 Å². The van der Waals surface area contributed by atoms with Crippen LogP contribution in [0, 0.1) is 11.3 Å². The molecular weight excluding hydrogens is 208 g/mol. The molecule has 0 spiro atoms. The van der Waals surface area contributed by atoms with E-state index in [1.54, 1.807) is 6.07 Å². The van der Waals surface area contributed by atoms with Crippen LogP contribution in [0.1, 0.15) is 21.5 Å². The molecule has 5 heteroatoms. The van der Waals surface area contributed by atoms with Gasteiger partial charge in [0.2, 0.25) is 0 Å². The maximum Gasteiger partial charge on any atom is 0.339 e. The Hall–Kier alpha value is -2.06. The highest BCUT2D eigenvalue weighted by Gasteiger charge is 2.18. The second kappa shape index (κ2) is 5.14. The highest BCUT2D eigenvalue weighted by molar-refractivity contribution is 5.93. The van der Waals surface area contributed by atoms with Crippen LogP contribution in [-0.4, -0.2) is 20.2 Å². The fraction of sp³-hybridized carbons (Fsp3) is 0.273. The number of hydrogen-bond donors (Lipinski definition) is 1. The topological polar surface area (TPSA) is 85.3 Å². The van der Waals surface area contributed by atoms with Crippen molar-refractivity contribution in [3.63, 3.8) is 0 Å². The molecule has 0 heterocycles. The summed E-state index contributed by atoms with van der Waals surface area (Å²) in [6, 6.07) is 5.08. The number of carbonyl (C=O) groups is 1. The van der Waals surface area contributed by atoms with Crippen molar-refractivity contribution >= 4 is 5.97 Å². The molecule has 0 radical (unpaired) electrons.